The quantitative estimate of drug-likeness (QED) is 0.156. The molecular formula is C54H43N. The van der Waals surface area contributed by atoms with Crippen LogP contribution in [0.5, 0.6) is 0 Å². The molecule has 0 N–H and O–H groups in total. The standard InChI is InChI=1S/C54H43N/c1-38-15-7-4-10-18-42-23-24-44(37-53(42)54(38,2)3)40-27-32-48(33-28-40)55(46-20-11-6-12-21-46)47-30-25-39(26-31-47)43-29-34-50-49-22-14-13-19-45(49)36-51(52(50)35-43)41-16-8-5-9-17-41/h4-17,19-37H,1,18H2,2-3H3/b10-4-,15-7-. The van der Waals surface area contributed by atoms with Gasteiger partial charge < -0.3 is 4.90 Å². The second-order valence-electron chi connectivity index (χ2n) is 15.0. The Kier molecular flexibility index (Phi) is 8.84. The highest BCUT2D eigenvalue weighted by molar-refractivity contribution is 6.14. The molecule has 1 aliphatic carbocycles. The summed E-state index contributed by atoms with van der Waals surface area (Å²) in [6.45, 7) is 9.00. The zero-order valence-electron chi connectivity index (χ0n) is 31.4. The predicted molar refractivity (Wildman–Crippen MR) is 237 cm³/mol. The zero-order valence-corrected chi connectivity index (χ0v) is 31.4. The van der Waals surface area contributed by atoms with Gasteiger partial charge in [-0.25, -0.2) is 0 Å². The minimum Gasteiger partial charge on any atom is -0.311 e. The van der Waals surface area contributed by atoms with Crippen LogP contribution in [-0.2, 0) is 11.8 Å². The maximum atomic E-state index is 4.43. The third-order valence-corrected chi connectivity index (χ3v) is 11.3. The Morgan fingerprint density at radius 2 is 1.05 bits per heavy atom. The number of fused-ring (bicyclic) bond motifs is 4. The van der Waals surface area contributed by atoms with Crippen LogP contribution in [-0.4, -0.2) is 0 Å². The van der Waals surface area contributed by atoms with E-state index in [0.29, 0.717) is 0 Å². The van der Waals surface area contributed by atoms with Gasteiger partial charge in [0.1, 0.15) is 0 Å². The van der Waals surface area contributed by atoms with E-state index in [0.717, 1.165) is 29.1 Å². The highest BCUT2D eigenvalue weighted by atomic mass is 15.1. The summed E-state index contributed by atoms with van der Waals surface area (Å²) >= 11 is 0. The summed E-state index contributed by atoms with van der Waals surface area (Å²) in [5, 5.41) is 5.08. The Hall–Kier alpha value is -6.70. The van der Waals surface area contributed by atoms with Crippen LogP contribution in [0.15, 0.2) is 212 Å². The van der Waals surface area contributed by atoms with Crippen LogP contribution in [0.1, 0.15) is 25.0 Å². The first-order chi connectivity index (χ1) is 26.9. The van der Waals surface area contributed by atoms with Crippen molar-refractivity contribution in [1.29, 1.82) is 0 Å². The SMILES string of the molecule is C=C1/C=C\C=C/Cc2ccc(-c3ccc(N(c4ccccc4)c4ccc(-c5ccc6c(c5)c(-c5ccccc5)cc5ccccc56)cc4)cc3)cc2C1(C)C. The number of nitrogens with zero attached hydrogens (tertiary/aromatic N) is 1. The van der Waals surface area contributed by atoms with Crippen LogP contribution >= 0.6 is 0 Å². The summed E-state index contributed by atoms with van der Waals surface area (Å²) < 4.78 is 0. The Bertz CT molecular complexity index is 2730. The van der Waals surface area contributed by atoms with Gasteiger partial charge in [0.05, 0.1) is 0 Å². The first-order valence-corrected chi connectivity index (χ1v) is 19.2. The van der Waals surface area contributed by atoms with E-state index < -0.39 is 0 Å². The molecule has 0 saturated heterocycles. The lowest BCUT2D eigenvalue weighted by atomic mass is 9.75. The number of hydrogen-bond donors (Lipinski definition) is 0. The lowest BCUT2D eigenvalue weighted by Gasteiger charge is -2.29. The monoisotopic (exact) mass is 705 g/mol. The van der Waals surface area contributed by atoms with Crippen molar-refractivity contribution in [3.8, 4) is 33.4 Å². The maximum Gasteiger partial charge on any atom is 0.0462 e. The van der Waals surface area contributed by atoms with Crippen LogP contribution in [0, 0.1) is 0 Å². The topological polar surface area (TPSA) is 3.24 Å². The van der Waals surface area contributed by atoms with Crippen LogP contribution in [0.2, 0.25) is 0 Å². The fourth-order valence-corrected chi connectivity index (χ4v) is 8.11. The smallest absolute Gasteiger partial charge is 0.0462 e. The summed E-state index contributed by atoms with van der Waals surface area (Å²) in [4.78, 5) is 2.34. The van der Waals surface area contributed by atoms with E-state index in [1.54, 1.807) is 0 Å². The Balaban J connectivity index is 1.07. The van der Waals surface area contributed by atoms with Crippen molar-refractivity contribution in [3.63, 3.8) is 0 Å². The molecule has 0 aromatic heterocycles. The summed E-state index contributed by atoms with van der Waals surface area (Å²) in [5.41, 5.74) is 14.2. The summed E-state index contributed by atoms with van der Waals surface area (Å²) in [6.07, 6.45) is 9.51. The van der Waals surface area contributed by atoms with E-state index >= 15 is 0 Å². The normalized spacial score (nSPS) is 14.8. The molecule has 0 amide bonds. The molecule has 0 bridgehead atoms. The highest BCUT2D eigenvalue weighted by Gasteiger charge is 2.26. The van der Waals surface area contributed by atoms with Gasteiger partial charge in [0.15, 0.2) is 0 Å². The molecule has 1 nitrogen and oxygen atoms in total. The van der Waals surface area contributed by atoms with Gasteiger partial charge >= 0.3 is 0 Å². The molecule has 0 aliphatic heterocycles. The average Bonchev–Trinajstić information content (AvgIpc) is 3.29. The molecule has 8 aromatic rings. The van der Waals surface area contributed by atoms with E-state index in [9.17, 15) is 0 Å². The van der Waals surface area contributed by atoms with Crippen LogP contribution in [0.4, 0.5) is 17.1 Å². The molecule has 0 radical (unpaired) electrons. The first kappa shape index (κ1) is 34.1. The molecule has 1 aliphatic rings. The van der Waals surface area contributed by atoms with Gasteiger partial charge in [0, 0.05) is 22.5 Å². The third kappa shape index (κ3) is 6.49. The number of anilines is 3. The van der Waals surface area contributed by atoms with Crippen molar-refractivity contribution in [3.05, 3.63) is 224 Å². The second-order valence-corrected chi connectivity index (χ2v) is 15.0. The van der Waals surface area contributed by atoms with Crippen LogP contribution < -0.4 is 4.90 Å². The zero-order chi connectivity index (χ0) is 37.4. The second kappa shape index (κ2) is 14.3. The van der Waals surface area contributed by atoms with Crippen molar-refractivity contribution in [2.75, 3.05) is 4.90 Å². The predicted octanol–water partition coefficient (Wildman–Crippen LogP) is 15.0. The Morgan fingerprint density at radius 3 is 1.76 bits per heavy atom. The van der Waals surface area contributed by atoms with E-state index in [1.165, 1.54) is 66.1 Å². The molecule has 55 heavy (non-hydrogen) atoms. The van der Waals surface area contributed by atoms with Crippen molar-refractivity contribution in [2.45, 2.75) is 25.7 Å². The molecule has 1 heteroatoms. The van der Waals surface area contributed by atoms with Gasteiger partial charge in [0.25, 0.3) is 0 Å². The average molecular weight is 706 g/mol. The Labute approximate surface area is 324 Å². The fourth-order valence-electron chi connectivity index (χ4n) is 8.11. The van der Waals surface area contributed by atoms with E-state index in [1.807, 2.05) is 0 Å². The van der Waals surface area contributed by atoms with Crippen molar-refractivity contribution >= 4 is 38.6 Å². The molecule has 8 aromatic carbocycles. The molecule has 264 valence electrons. The maximum absolute atomic E-state index is 4.43. The number of benzene rings is 8. The number of rotatable bonds is 6. The molecule has 0 fully saturated rings. The van der Waals surface area contributed by atoms with E-state index in [-0.39, 0.29) is 5.41 Å². The highest BCUT2D eigenvalue weighted by Crippen LogP contribution is 2.41. The molecule has 0 atom stereocenters. The molecule has 9 rings (SSSR count). The Morgan fingerprint density at radius 1 is 0.473 bits per heavy atom. The van der Waals surface area contributed by atoms with Crippen LogP contribution in [0.3, 0.4) is 0 Å². The minimum absolute atomic E-state index is 0.171. The molecule has 0 heterocycles. The fraction of sp³-hybridized carbons (Fsp3) is 0.0741. The molecule has 0 saturated carbocycles. The number of hydrogen-bond acceptors (Lipinski definition) is 1. The number of para-hydroxylation sites is 1. The van der Waals surface area contributed by atoms with Crippen LogP contribution in [0.25, 0.3) is 54.9 Å². The van der Waals surface area contributed by atoms with Gasteiger partial charge in [-0.05, 0) is 133 Å². The lowest BCUT2D eigenvalue weighted by molar-refractivity contribution is 0.635. The largest absolute Gasteiger partial charge is 0.311 e. The molecule has 0 unspecified atom stereocenters. The minimum atomic E-state index is -0.171. The van der Waals surface area contributed by atoms with E-state index in [2.05, 4.69) is 226 Å². The third-order valence-electron chi connectivity index (χ3n) is 11.3. The van der Waals surface area contributed by atoms with Crippen molar-refractivity contribution in [1.82, 2.24) is 0 Å². The number of allylic oxidation sites excluding steroid dienone is 5. The summed E-state index contributed by atoms with van der Waals surface area (Å²) in [7, 11) is 0. The van der Waals surface area contributed by atoms with E-state index in [4.69, 9.17) is 0 Å². The van der Waals surface area contributed by atoms with Gasteiger partial charge in [0.2, 0.25) is 0 Å². The first-order valence-electron chi connectivity index (χ1n) is 19.2. The van der Waals surface area contributed by atoms with Gasteiger partial charge in [-0.15, -0.1) is 0 Å². The van der Waals surface area contributed by atoms with Gasteiger partial charge in [-0.3, -0.25) is 0 Å². The van der Waals surface area contributed by atoms with Gasteiger partial charge in [-0.2, -0.15) is 0 Å². The van der Waals surface area contributed by atoms with Crippen molar-refractivity contribution in [2.24, 2.45) is 0 Å². The summed E-state index contributed by atoms with van der Waals surface area (Å²) in [6, 6.07) is 64.3. The lowest BCUT2D eigenvalue weighted by Crippen LogP contribution is -2.20. The molecule has 0 spiro atoms. The van der Waals surface area contributed by atoms with Crippen molar-refractivity contribution < 1.29 is 0 Å². The van der Waals surface area contributed by atoms with Gasteiger partial charge in [-0.1, -0.05) is 166 Å². The summed E-state index contributed by atoms with van der Waals surface area (Å²) in [5.74, 6) is 0. The molecular weight excluding hydrogens is 663 g/mol.